The molecule has 0 spiro atoms. The Labute approximate surface area is 142 Å². The molecule has 1 fully saturated rings. The molecular formula is C22H19NO. The lowest BCUT2D eigenvalue weighted by atomic mass is 9.71. The molecule has 3 aromatic rings. The van der Waals surface area contributed by atoms with E-state index in [1.165, 1.54) is 5.56 Å². The van der Waals surface area contributed by atoms with Crippen LogP contribution in [0.25, 0.3) is 0 Å². The Morgan fingerprint density at radius 2 is 1.17 bits per heavy atom. The average Bonchev–Trinajstić information content (AvgIpc) is 3.02. The highest BCUT2D eigenvalue weighted by Crippen LogP contribution is 2.47. The Bertz CT molecular complexity index is 788. The van der Waals surface area contributed by atoms with Crippen molar-refractivity contribution in [2.24, 2.45) is 0 Å². The fraction of sp³-hybridized carbons (Fsp3) is 0.136. The van der Waals surface area contributed by atoms with E-state index in [0.29, 0.717) is 6.42 Å². The Hall–Kier alpha value is -2.87. The van der Waals surface area contributed by atoms with Crippen LogP contribution in [0.2, 0.25) is 0 Å². The maximum Gasteiger partial charge on any atom is 0.221 e. The predicted octanol–water partition coefficient (Wildman–Crippen LogP) is 4.23. The minimum absolute atomic E-state index is 0.0657. The summed E-state index contributed by atoms with van der Waals surface area (Å²) in [7, 11) is 0. The van der Waals surface area contributed by atoms with Crippen LogP contribution in [-0.4, -0.2) is 5.91 Å². The number of nitrogens with one attached hydrogen (secondary N) is 1. The number of hydrogen-bond donors (Lipinski definition) is 1. The highest BCUT2D eigenvalue weighted by molar-refractivity contribution is 5.83. The van der Waals surface area contributed by atoms with Crippen LogP contribution < -0.4 is 5.32 Å². The number of rotatable bonds is 3. The maximum atomic E-state index is 12.5. The highest BCUT2D eigenvalue weighted by atomic mass is 16.2. The van der Waals surface area contributed by atoms with E-state index in [9.17, 15) is 4.79 Å². The van der Waals surface area contributed by atoms with Gasteiger partial charge < -0.3 is 5.32 Å². The zero-order valence-electron chi connectivity index (χ0n) is 13.4. The van der Waals surface area contributed by atoms with Crippen LogP contribution in [0.15, 0.2) is 91.0 Å². The summed E-state index contributed by atoms with van der Waals surface area (Å²) in [6, 6.07) is 30.9. The third-order valence-corrected chi connectivity index (χ3v) is 4.91. The lowest BCUT2D eigenvalue weighted by molar-refractivity contribution is -0.119. The smallest absolute Gasteiger partial charge is 0.221 e. The van der Waals surface area contributed by atoms with E-state index >= 15 is 0 Å². The molecule has 118 valence electrons. The van der Waals surface area contributed by atoms with Gasteiger partial charge in [-0.25, -0.2) is 0 Å². The molecule has 1 aliphatic rings. The van der Waals surface area contributed by atoms with Gasteiger partial charge in [0.15, 0.2) is 0 Å². The van der Waals surface area contributed by atoms with Gasteiger partial charge in [0.1, 0.15) is 0 Å². The van der Waals surface area contributed by atoms with E-state index in [1.54, 1.807) is 0 Å². The lowest BCUT2D eigenvalue weighted by Crippen LogP contribution is -2.43. The maximum absolute atomic E-state index is 12.5. The fourth-order valence-corrected chi connectivity index (χ4v) is 3.87. The van der Waals surface area contributed by atoms with Crippen LogP contribution in [0.4, 0.5) is 0 Å². The van der Waals surface area contributed by atoms with Gasteiger partial charge in [-0.05, 0) is 16.7 Å². The summed E-state index contributed by atoms with van der Waals surface area (Å²) in [5, 5.41) is 3.31. The first-order valence-corrected chi connectivity index (χ1v) is 8.28. The average molecular weight is 313 g/mol. The van der Waals surface area contributed by atoms with Crippen LogP contribution in [-0.2, 0) is 10.3 Å². The first kappa shape index (κ1) is 14.7. The Kier molecular flexibility index (Phi) is 3.66. The van der Waals surface area contributed by atoms with Crippen molar-refractivity contribution in [3.05, 3.63) is 108 Å². The van der Waals surface area contributed by atoms with E-state index in [0.717, 1.165) is 11.1 Å². The molecule has 1 aliphatic heterocycles. The van der Waals surface area contributed by atoms with Crippen LogP contribution in [0.3, 0.4) is 0 Å². The van der Waals surface area contributed by atoms with E-state index < -0.39 is 5.54 Å². The molecular weight excluding hydrogens is 294 g/mol. The van der Waals surface area contributed by atoms with Gasteiger partial charge in [-0.1, -0.05) is 91.0 Å². The summed E-state index contributed by atoms with van der Waals surface area (Å²) in [5.74, 6) is 0.160. The molecule has 2 nitrogen and oxygen atoms in total. The number of carbonyl (C=O) groups excluding carboxylic acids is 1. The van der Waals surface area contributed by atoms with Crippen molar-refractivity contribution in [3.63, 3.8) is 0 Å². The zero-order valence-corrected chi connectivity index (χ0v) is 13.4. The second-order valence-corrected chi connectivity index (χ2v) is 6.26. The van der Waals surface area contributed by atoms with Gasteiger partial charge in [-0.2, -0.15) is 0 Å². The topological polar surface area (TPSA) is 29.1 Å². The predicted molar refractivity (Wildman–Crippen MR) is 95.6 cm³/mol. The van der Waals surface area contributed by atoms with Gasteiger partial charge in [0.05, 0.1) is 5.54 Å². The molecule has 0 bridgehead atoms. The molecule has 0 saturated carbocycles. The normalized spacial score (nSPS) is 19.0. The van der Waals surface area contributed by atoms with Gasteiger partial charge in [-0.15, -0.1) is 0 Å². The van der Waals surface area contributed by atoms with Crippen LogP contribution in [0.1, 0.15) is 29.0 Å². The lowest BCUT2D eigenvalue weighted by Gasteiger charge is -2.36. The number of carbonyl (C=O) groups is 1. The molecule has 3 aromatic carbocycles. The second kappa shape index (κ2) is 5.97. The van der Waals surface area contributed by atoms with Gasteiger partial charge in [0, 0.05) is 12.3 Å². The Balaban J connectivity index is 1.97. The second-order valence-electron chi connectivity index (χ2n) is 6.26. The van der Waals surface area contributed by atoms with Crippen molar-refractivity contribution in [1.82, 2.24) is 5.32 Å². The molecule has 1 saturated heterocycles. The molecule has 0 aliphatic carbocycles. The summed E-state index contributed by atoms with van der Waals surface area (Å²) in [6.07, 6.45) is 0.494. The summed E-state index contributed by atoms with van der Waals surface area (Å²) in [5.41, 5.74) is 2.90. The third kappa shape index (κ3) is 2.31. The van der Waals surface area contributed by atoms with E-state index in [2.05, 4.69) is 41.7 Å². The molecule has 4 rings (SSSR count). The van der Waals surface area contributed by atoms with Crippen molar-refractivity contribution in [1.29, 1.82) is 0 Å². The van der Waals surface area contributed by atoms with Gasteiger partial charge >= 0.3 is 0 Å². The minimum Gasteiger partial charge on any atom is -0.342 e. The minimum atomic E-state index is -0.527. The van der Waals surface area contributed by atoms with Gasteiger partial charge in [0.25, 0.3) is 0 Å². The van der Waals surface area contributed by atoms with Crippen LogP contribution >= 0.6 is 0 Å². The fourth-order valence-electron chi connectivity index (χ4n) is 3.87. The Morgan fingerprint density at radius 3 is 1.67 bits per heavy atom. The molecule has 24 heavy (non-hydrogen) atoms. The zero-order chi connectivity index (χ0) is 16.4. The SMILES string of the molecule is O=C1CC(c2ccccc2)C(c2ccccc2)(c2ccccc2)N1. The monoisotopic (exact) mass is 313 g/mol. The van der Waals surface area contributed by atoms with Crippen molar-refractivity contribution in [2.75, 3.05) is 0 Å². The standard InChI is InChI=1S/C22H19NO/c24-21-16-20(17-10-4-1-5-11-17)22(23-21,18-12-6-2-7-13-18)19-14-8-3-9-15-19/h1-15,20H,16H2,(H,23,24). The van der Waals surface area contributed by atoms with E-state index in [-0.39, 0.29) is 11.8 Å². The summed E-state index contributed by atoms with van der Waals surface area (Å²) < 4.78 is 0. The van der Waals surface area contributed by atoms with Crippen LogP contribution in [0, 0.1) is 0 Å². The number of benzene rings is 3. The molecule has 0 radical (unpaired) electrons. The van der Waals surface area contributed by atoms with Gasteiger partial charge in [-0.3, -0.25) is 4.79 Å². The molecule has 1 heterocycles. The first-order chi connectivity index (χ1) is 11.8. The van der Waals surface area contributed by atoms with Crippen molar-refractivity contribution < 1.29 is 4.79 Å². The van der Waals surface area contributed by atoms with Crippen molar-refractivity contribution in [3.8, 4) is 0 Å². The molecule has 2 heteroatoms. The number of hydrogen-bond acceptors (Lipinski definition) is 1. The Morgan fingerprint density at radius 1 is 0.708 bits per heavy atom. The quantitative estimate of drug-likeness (QED) is 0.770. The number of amides is 1. The molecule has 0 aromatic heterocycles. The van der Waals surface area contributed by atoms with E-state index in [1.807, 2.05) is 54.6 Å². The van der Waals surface area contributed by atoms with Gasteiger partial charge in [0.2, 0.25) is 5.91 Å². The molecule has 1 unspecified atom stereocenters. The van der Waals surface area contributed by atoms with Crippen molar-refractivity contribution in [2.45, 2.75) is 17.9 Å². The third-order valence-electron chi connectivity index (χ3n) is 4.91. The molecule has 1 N–H and O–H groups in total. The molecule has 1 atom stereocenters. The molecule has 1 amide bonds. The summed E-state index contributed by atoms with van der Waals surface area (Å²) in [4.78, 5) is 12.5. The summed E-state index contributed by atoms with van der Waals surface area (Å²) >= 11 is 0. The van der Waals surface area contributed by atoms with Crippen LogP contribution in [0.5, 0.6) is 0 Å². The largest absolute Gasteiger partial charge is 0.342 e. The first-order valence-electron chi connectivity index (χ1n) is 8.28. The summed E-state index contributed by atoms with van der Waals surface area (Å²) in [6.45, 7) is 0. The van der Waals surface area contributed by atoms with Crippen molar-refractivity contribution >= 4 is 5.91 Å². The van der Waals surface area contributed by atoms with E-state index in [4.69, 9.17) is 0 Å². The highest BCUT2D eigenvalue weighted by Gasteiger charge is 2.49.